The molecular formula is C18H12F4N4OS. The number of halogens is 4. The Hall–Kier alpha value is -2.85. The van der Waals surface area contributed by atoms with Crippen LogP contribution in [0.15, 0.2) is 48.8 Å². The molecule has 0 saturated carbocycles. The largest absolute Gasteiger partial charge is 0.378 e. The highest BCUT2D eigenvalue weighted by molar-refractivity contribution is 7.18. The molecule has 0 bridgehead atoms. The van der Waals surface area contributed by atoms with Gasteiger partial charge in [-0.15, -0.1) is 11.3 Å². The Labute approximate surface area is 159 Å². The normalized spacial score (nSPS) is 14.3. The minimum atomic E-state index is -4.01. The number of benzene rings is 2. The zero-order valence-electron chi connectivity index (χ0n) is 14.0. The van der Waals surface area contributed by atoms with Gasteiger partial charge >= 0.3 is 5.92 Å². The summed E-state index contributed by atoms with van der Waals surface area (Å²) in [6.45, 7) is 0. The molecule has 2 aromatic carbocycles. The van der Waals surface area contributed by atoms with Crippen LogP contribution in [0.4, 0.5) is 17.6 Å². The predicted octanol–water partition coefficient (Wildman–Crippen LogP) is 3.91. The molecule has 0 radical (unpaired) electrons. The lowest BCUT2D eigenvalue weighted by Crippen LogP contribution is -2.46. The Bertz CT molecular complexity index is 1100. The highest BCUT2D eigenvalue weighted by Crippen LogP contribution is 2.49. The van der Waals surface area contributed by atoms with Crippen LogP contribution < -0.4 is 0 Å². The summed E-state index contributed by atoms with van der Waals surface area (Å²) in [6, 6.07) is 8.52. The van der Waals surface area contributed by atoms with Gasteiger partial charge in [0, 0.05) is 18.1 Å². The van der Waals surface area contributed by atoms with E-state index in [1.165, 1.54) is 0 Å². The molecule has 5 nitrogen and oxygen atoms in total. The topological polar surface area (TPSA) is 74.7 Å². The lowest BCUT2D eigenvalue weighted by Gasteiger charge is -2.34. The first-order chi connectivity index (χ1) is 13.3. The maximum Gasteiger partial charge on any atom is 0.331 e. The number of hydrogen-bond donors (Lipinski definition) is 2. The number of H-pyrrole nitrogens is 1. The van der Waals surface area contributed by atoms with Gasteiger partial charge in [0.1, 0.15) is 23.8 Å². The molecule has 0 aliphatic rings. The smallest absolute Gasteiger partial charge is 0.331 e. The highest BCUT2D eigenvalue weighted by atomic mass is 32.1. The fourth-order valence-electron chi connectivity index (χ4n) is 2.94. The van der Waals surface area contributed by atoms with Gasteiger partial charge in [-0.1, -0.05) is 18.2 Å². The number of hydrogen-bond acceptors (Lipinski definition) is 5. The Balaban J connectivity index is 1.90. The summed E-state index contributed by atoms with van der Waals surface area (Å²) in [5.41, 5.74) is -3.53. The van der Waals surface area contributed by atoms with E-state index in [1.54, 1.807) is 24.3 Å². The summed E-state index contributed by atoms with van der Waals surface area (Å²) in [6.07, 6.45) is 0.283. The number of para-hydroxylation sites is 1. The van der Waals surface area contributed by atoms with Gasteiger partial charge in [0.25, 0.3) is 0 Å². The highest BCUT2D eigenvalue weighted by Gasteiger charge is 2.58. The van der Waals surface area contributed by atoms with E-state index in [0.717, 1.165) is 18.5 Å². The second kappa shape index (κ2) is 6.64. The van der Waals surface area contributed by atoms with Crippen molar-refractivity contribution in [2.75, 3.05) is 0 Å². The summed E-state index contributed by atoms with van der Waals surface area (Å²) in [5.74, 6) is -6.36. The Morgan fingerprint density at radius 1 is 1.11 bits per heavy atom. The van der Waals surface area contributed by atoms with Crippen LogP contribution >= 0.6 is 11.3 Å². The molecule has 1 atom stereocenters. The minimum Gasteiger partial charge on any atom is -0.378 e. The van der Waals surface area contributed by atoms with Crippen molar-refractivity contribution < 1.29 is 22.7 Å². The third-order valence-corrected chi connectivity index (χ3v) is 5.45. The molecule has 4 aromatic rings. The van der Waals surface area contributed by atoms with Crippen LogP contribution in [0, 0.1) is 11.6 Å². The molecule has 0 amide bonds. The lowest BCUT2D eigenvalue weighted by molar-refractivity contribution is -0.197. The maximum absolute atomic E-state index is 15.6. The molecule has 0 aliphatic carbocycles. The minimum absolute atomic E-state index is 0.0907. The van der Waals surface area contributed by atoms with Crippen molar-refractivity contribution in [3.05, 3.63) is 76.8 Å². The van der Waals surface area contributed by atoms with Crippen molar-refractivity contribution in [2.45, 2.75) is 17.9 Å². The molecule has 0 fully saturated rings. The summed E-state index contributed by atoms with van der Waals surface area (Å²) < 4.78 is 59.4. The van der Waals surface area contributed by atoms with Crippen molar-refractivity contribution in [1.82, 2.24) is 20.2 Å². The quantitative estimate of drug-likeness (QED) is 0.491. The number of fused-ring (bicyclic) bond motifs is 1. The van der Waals surface area contributed by atoms with Crippen LogP contribution in [-0.4, -0.2) is 25.3 Å². The van der Waals surface area contributed by atoms with Gasteiger partial charge in [-0.25, -0.2) is 18.7 Å². The van der Waals surface area contributed by atoms with Gasteiger partial charge in [0.05, 0.1) is 10.2 Å². The van der Waals surface area contributed by atoms with Crippen molar-refractivity contribution in [3.63, 3.8) is 0 Å². The average Bonchev–Trinajstić information content (AvgIpc) is 3.30. The van der Waals surface area contributed by atoms with Crippen molar-refractivity contribution in [1.29, 1.82) is 0 Å². The maximum atomic E-state index is 15.6. The first-order valence-electron chi connectivity index (χ1n) is 8.07. The Morgan fingerprint density at radius 2 is 1.89 bits per heavy atom. The first-order valence-corrected chi connectivity index (χ1v) is 8.89. The molecule has 0 saturated heterocycles. The number of nitrogens with one attached hydrogen (secondary N) is 1. The molecule has 0 spiro atoms. The van der Waals surface area contributed by atoms with Crippen LogP contribution in [0.3, 0.4) is 0 Å². The van der Waals surface area contributed by atoms with Gasteiger partial charge in [0.15, 0.2) is 10.6 Å². The van der Waals surface area contributed by atoms with Crippen LogP contribution in [0.25, 0.3) is 10.2 Å². The number of aromatic nitrogens is 4. The Kier molecular flexibility index (Phi) is 4.39. The second-order valence-corrected chi connectivity index (χ2v) is 7.19. The second-order valence-electron chi connectivity index (χ2n) is 6.15. The van der Waals surface area contributed by atoms with Crippen molar-refractivity contribution >= 4 is 21.6 Å². The summed E-state index contributed by atoms with van der Waals surface area (Å²) in [4.78, 5) is 7.67. The van der Waals surface area contributed by atoms with E-state index in [-0.39, 0.29) is 5.82 Å². The average molecular weight is 408 g/mol. The molecule has 0 aliphatic heterocycles. The number of rotatable bonds is 5. The van der Waals surface area contributed by atoms with E-state index in [1.807, 2.05) is 0 Å². The predicted molar refractivity (Wildman–Crippen MR) is 93.9 cm³/mol. The van der Waals surface area contributed by atoms with Crippen LogP contribution in [0.5, 0.6) is 0 Å². The van der Waals surface area contributed by atoms with Crippen LogP contribution in [0.1, 0.15) is 16.4 Å². The van der Waals surface area contributed by atoms with Crippen molar-refractivity contribution in [3.8, 4) is 0 Å². The van der Waals surface area contributed by atoms with Crippen LogP contribution in [-0.2, 0) is 17.9 Å². The standard InChI is InChI=1S/C18H12F4N4OS/c19-10-5-6-11(12(20)7-10)17(27,8-15-23-9-24-26-15)18(21,22)16-25-13-3-1-2-4-14(13)28-16/h1-7,9,27H,8H2,(H,23,24,26). The molecular weight excluding hydrogens is 396 g/mol. The fourth-order valence-corrected chi connectivity index (χ4v) is 3.96. The zero-order valence-corrected chi connectivity index (χ0v) is 14.9. The van der Waals surface area contributed by atoms with E-state index in [0.29, 0.717) is 27.6 Å². The molecule has 2 heterocycles. The summed E-state index contributed by atoms with van der Waals surface area (Å²) in [7, 11) is 0. The number of aromatic amines is 1. The third kappa shape index (κ3) is 2.94. The molecule has 2 aromatic heterocycles. The number of nitrogens with zero attached hydrogens (tertiary/aromatic N) is 3. The number of aliphatic hydroxyl groups is 1. The van der Waals surface area contributed by atoms with Crippen molar-refractivity contribution in [2.24, 2.45) is 0 Å². The molecule has 2 N–H and O–H groups in total. The number of alkyl halides is 2. The molecule has 144 valence electrons. The van der Waals surface area contributed by atoms with E-state index in [2.05, 4.69) is 20.2 Å². The third-order valence-electron chi connectivity index (χ3n) is 4.35. The molecule has 10 heteroatoms. The van der Waals surface area contributed by atoms with E-state index in [4.69, 9.17) is 0 Å². The van der Waals surface area contributed by atoms with Gasteiger partial charge in [-0.05, 0) is 18.2 Å². The first kappa shape index (κ1) is 18.5. The van der Waals surface area contributed by atoms with E-state index < -0.39 is 40.1 Å². The SMILES string of the molecule is OC(Cc1ncn[nH]1)(c1ccc(F)cc1F)C(F)(F)c1nc2ccccc2s1. The van der Waals surface area contributed by atoms with Gasteiger partial charge in [-0.2, -0.15) is 13.9 Å². The fraction of sp³-hybridized carbons (Fsp3) is 0.167. The Morgan fingerprint density at radius 3 is 2.57 bits per heavy atom. The van der Waals surface area contributed by atoms with E-state index >= 15 is 8.78 Å². The van der Waals surface area contributed by atoms with E-state index in [9.17, 15) is 13.9 Å². The monoisotopic (exact) mass is 408 g/mol. The lowest BCUT2D eigenvalue weighted by atomic mass is 9.83. The zero-order chi connectivity index (χ0) is 19.9. The molecule has 28 heavy (non-hydrogen) atoms. The van der Waals surface area contributed by atoms with Gasteiger partial charge in [-0.3, -0.25) is 5.10 Å². The van der Waals surface area contributed by atoms with Gasteiger partial charge < -0.3 is 5.11 Å². The van der Waals surface area contributed by atoms with Gasteiger partial charge in [0.2, 0.25) is 0 Å². The molecule has 4 rings (SSSR count). The van der Waals surface area contributed by atoms with Crippen LogP contribution in [0.2, 0.25) is 0 Å². The molecule has 1 unspecified atom stereocenters. The summed E-state index contributed by atoms with van der Waals surface area (Å²) in [5, 5.41) is 16.3. The summed E-state index contributed by atoms with van der Waals surface area (Å²) >= 11 is 0.684. The number of thiazole rings is 1.